The van der Waals surface area contributed by atoms with Gasteiger partial charge in [0.05, 0.1) is 6.07 Å². The van der Waals surface area contributed by atoms with Crippen molar-refractivity contribution in [3.63, 3.8) is 0 Å². The van der Waals surface area contributed by atoms with Gasteiger partial charge in [0.25, 0.3) is 0 Å². The quantitative estimate of drug-likeness (QED) is 0.426. The van der Waals surface area contributed by atoms with Crippen molar-refractivity contribution < 1.29 is 9.59 Å². The molecule has 0 aromatic heterocycles. The highest BCUT2D eigenvalue weighted by atomic mass is 16.2. The fourth-order valence-electron chi connectivity index (χ4n) is 0.597. The van der Waals surface area contributed by atoms with Crippen molar-refractivity contribution in [1.82, 2.24) is 10.6 Å². The number of rotatable bonds is 1. The van der Waals surface area contributed by atoms with E-state index < -0.39 is 17.4 Å². The molecule has 0 spiro atoms. The van der Waals surface area contributed by atoms with Crippen LogP contribution in [0.25, 0.3) is 0 Å². The maximum atomic E-state index is 11.0. The van der Waals surface area contributed by atoms with E-state index in [0.717, 1.165) is 0 Å². The summed E-state index contributed by atoms with van der Waals surface area (Å²) in [6.45, 7) is 5.14. The van der Waals surface area contributed by atoms with Gasteiger partial charge in [0.2, 0.25) is 0 Å². The smallest absolute Gasteiger partial charge is 0.310 e. The Kier molecular flexibility index (Phi) is 3.92. The largest absolute Gasteiger partial charge is 0.343 e. The molecule has 0 rings (SSSR count). The maximum Gasteiger partial charge on any atom is 0.310 e. The Morgan fingerprint density at radius 1 is 1.31 bits per heavy atom. The van der Waals surface area contributed by atoms with Crippen LogP contribution in [0.3, 0.4) is 0 Å². The highest BCUT2D eigenvalue weighted by molar-refractivity contribution is 6.35. The first-order chi connectivity index (χ1) is 5.87. The first-order valence-electron chi connectivity index (χ1n) is 3.84. The summed E-state index contributed by atoms with van der Waals surface area (Å²) in [5, 5.41) is 12.7. The van der Waals surface area contributed by atoms with E-state index in [1.54, 1.807) is 26.8 Å². The van der Waals surface area contributed by atoms with Crippen LogP contribution in [0, 0.1) is 11.3 Å². The molecule has 2 amide bonds. The predicted molar refractivity (Wildman–Crippen MR) is 46.5 cm³/mol. The van der Waals surface area contributed by atoms with E-state index in [1.807, 2.05) is 0 Å². The van der Waals surface area contributed by atoms with Crippen LogP contribution in [0.5, 0.6) is 0 Å². The van der Waals surface area contributed by atoms with Gasteiger partial charge in [-0.05, 0) is 20.8 Å². The topological polar surface area (TPSA) is 82.0 Å². The Balaban J connectivity index is 4.00. The van der Waals surface area contributed by atoms with Crippen molar-refractivity contribution >= 4 is 11.8 Å². The lowest BCUT2D eigenvalue weighted by Gasteiger charge is -2.19. The molecule has 0 aliphatic rings. The zero-order valence-corrected chi connectivity index (χ0v) is 7.97. The first-order valence-corrected chi connectivity index (χ1v) is 3.84. The molecule has 72 valence electrons. The molecule has 0 aromatic rings. The molecule has 0 radical (unpaired) electrons. The molecular formula is C8H13N3O2. The van der Waals surface area contributed by atoms with E-state index in [0.29, 0.717) is 0 Å². The number of amides is 2. The van der Waals surface area contributed by atoms with Crippen LogP contribution in [0.15, 0.2) is 0 Å². The van der Waals surface area contributed by atoms with Crippen LogP contribution in [-0.2, 0) is 9.59 Å². The molecule has 0 aliphatic heterocycles. The zero-order valence-electron chi connectivity index (χ0n) is 7.97. The molecule has 5 heteroatoms. The lowest BCUT2D eigenvalue weighted by molar-refractivity contribution is -0.139. The summed E-state index contributed by atoms with van der Waals surface area (Å²) in [5.41, 5.74) is -0.443. The van der Waals surface area contributed by atoms with Gasteiger partial charge >= 0.3 is 11.8 Å². The minimum absolute atomic E-state index is 0.156. The number of nitriles is 1. The van der Waals surface area contributed by atoms with Crippen LogP contribution in [0.4, 0.5) is 0 Å². The number of hydrogen-bond donors (Lipinski definition) is 2. The van der Waals surface area contributed by atoms with Crippen molar-refractivity contribution in [2.45, 2.75) is 26.3 Å². The van der Waals surface area contributed by atoms with Crippen molar-refractivity contribution in [3.8, 4) is 6.07 Å². The lowest BCUT2D eigenvalue weighted by atomic mass is 10.1. The van der Waals surface area contributed by atoms with Gasteiger partial charge in [0.1, 0.15) is 6.54 Å². The van der Waals surface area contributed by atoms with Crippen molar-refractivity contribution in [2.75, 3.05) is 6.54 Å². The highest BCUT2D eigenvalue weighted by Gasteiger charge is 2.19. The molecule has 0 bridgehead atoms. The van der Waals surface area contributed by atoms with E-state index in [2.05, 4.69) is 10.6 Å². The molecule has 5 nitrogen and oxygen atoms in total. The molecule has 2 N–H and O–H groups in total. The standard InChI is InChI=1S/C8H13N3O2/c1-8(2,3)11-7(13)6(12)10-5-4-9/h5H2,1-3H3,(H,10,12)(H,11,13). The van der Waals surface area contributed by atoms with Gasteiger partial charge in [0, 0.05) is 5.54 Å². The summed E-state index contributed by atoms with van der Waals surface area (Å²) in [4.78, 5) is 21.9. The van der Waals surface area contributed by atoms with Gasteiger partial charge in [-0.2, -0.15) is 5.26 Å². The van der Waals surface area contributed by atoms with Gasteiger partial charge in [0.15, 0.2) is 0 Å². The Morgan fingerprint density at radius 3 is 2.23 bits per heavy atom. The summed E-state index contributed by atoms with van der Waals surface area (Å²) < 4.78 is 0. The molecular weight excluding hydrogens is 170 g/mol. The summed E-state index contributed by atoms with van der Waals surface area (Å²) in [5.74, 6) is -1.50. The molecule has 0 heterocycles. The molecule has 0 unspecified atom stereocenters. The lowest BCUT2D eigenvalue weighted by Crippen LogP contribution is -2.48. The molecule has 0 aromatic carbocycles. The fourth-order valence-corrected chi connectivity index (χ4v) is 0.597. The van der Waals surface area contributed by atoms with Gasteiger partial charge < -0.3 is 10.6 Å². The van der Waals surface area contributed by atoms with E-state index in [9.17, 15) is 9.59 Å². The summed E-state index contributed by atoms with van der Waals surface area (Å²) in [7, 11) is 0. The summed E-state index contributed by atoms with van der Waals surface area (Å²) >= 11 is 0. The van der Waals surface area contributed by atoms with Gasteiger partial charge in [-0.25, -0.2) is 0 Å². The van der Waals surface area contributed by atoms with Gasteiger partial charge in [-0.3, -0.25) is 9.59 Å². The number of nitrogens with zero attached hydrogens (tertiary/aromatic N) is 1. The molecule has 13 heavy (non-hydrogen) atoms. The van der Waals surface area contributed by atoms with Gasteiger partial charge in [-0.1, -0.05) is 0 Å². The molecule has 0 fully saturated rings. The molecule has 0 aliphatic carbocycles. The monoisotopic (exact) mass is 183 g/mol. The van der Waals surface area contributed by atoms with Crippen LogP contribution in [0.1, 0.15) is 20.8 Å². The molecule has 0 saturated carbocycles. The van der Waals surface area contributed by atoms with Crippen LogP contribution < -0.4 is 10.6 Å². The van der Waals surface area contributed by atoms with Crippen molar-refractivity contribution in [1.29, 1.82) is 5.26 Å². The van der Waals surface area contributed by atoms with Crippen molar-refractivity contribution in [2.24, 2.45) is 0 Å². The number of carbonyl (C=O) groups is 2. The van der Waals surface area contributed by atoms with Crippen LogP contribution in [-0.4, -0.2) is 23.9 Å². The maximum absolute atomic E-state index is 11.0. The van der Waals surface area contributed by atoms with E-state index in [1.165, 1.54) is 0 Å². The summed E-state index contributed by atoms with van der Waals surface area (Å²) in [6.07, 6.45) is 0. The van der Waals surface area contributed by atoms with Gasteiger partial charge in [-0.15, -0.1) is 0 Å². The number of carbonyl (C=O) groups excluding carboxylic acids is 2. The first kappa shape index (κ1) is 11.4. The highest BCUT2D eigenvalue weighted by Crippen LogP contribution is 1.97. The second-order valence-corrected chi connectivity index (χ2v) is 3.54. The Labute approximate surface area is 77.1 Å². The average Bonchev–Trinajstić information content (AvgIpc) is 1.96. The minimum atomic E-state index is -0.781. The number of hydrogen-bond acceptors (Lipinski definition) is 3. The van der Waals surface area contributed by atoms with E-state index in [4.69, 9.17) is 5.26 Å². The molecule has 0 saturated heterocycles. The number of nitrogens with one attached hydrogen (secondary N) is 2. The van der Waals surface area contributed by atoms with E-state index in [-0.39, 0.29) is 6.54 Å². The average molecular weight is 183 g/mol. The summed E-state index contributed by atoms with van der Waals surface area (Å²) in [6, 6.07) is 1.70. The fraction of sp³-hybridized carbons (Fsp3) is 0.625. The third kappa shape index (κ3) is 5.67. The Bertz CT molecular complexity index is 247. The SMILES string of the molecule is CC(C)(C)NC(=O)C(=O)NCC#N. The normalized spacial score (nSPS) is 10.0. The second kappa shape index (κ2) is 4.45. The second-order valence-electron chi connectivity index (χ2n) is 3.54. The third-order valence-electron chi connectivity index (χ3n) is 1.02. The van der Waals surface area contributed by atoms with Crippen LogP contribution in [0.2, 0.25) is 0 Å². The predicted octanol–water partition coefficient (Wildman–Crippen LogP) is -0.459. The Morgan fingerprint density at radius 2 is 1.85 bits per heavy atom. The Hall–Kier alpha value is -1.57. The van der Waals surface area contributed by atoms with Crippen LogP contribution >= 0.6 is 0 Å². The zero-order chi connectivity index (χ0) is 10.5. The van der Waals surface area contributed by atoms with Crippen molar-refractivity contribution in [3.05, 3.63) is 0 Å². The van der Waals surface area contributed by atoms with E-state index >= 15 is 0 Å². The minimum Gasteiger partial charge on any atom is -0.343 e. The third-order valence-corrected chi connectivity index (χ3v) is 1.02. The molecule has 0 atom stereocenters.